The van der Waals surface area contributed by atoms with E-state index < -0.39 is 0 Å². The van der Waals surface area contributed by atoms with Crippen molar-refractivity contribution >= 4 is 33.5 Å². The van der Waals surface area contributed by atoms with Crippen LogP contribution in [0.3, 0.4) is 0 Å². The number of amides is 1. The largest absolute Gasteiger partial charge is 0.483 e. The zero-order chi connectivity index (χ0) is 21.4. The molecule has 0 radical (unpaired) electrons. The second-order valence-electron chi connectivity index (χ2n) is 7.20. The van der Waals surface area contributed by atoms with E-state index in [2.05, 4.69) is 35.1 Å². The Kier molecular flexibility index (Phi) is 8.70. The zero-order valence-electron chi connectivity index (χ0n) is 17.4. The van der Waals surface area contributed by atoms with Gasteiger partial charge in [-0.1, -0.05) is 43.1 Å². The number of aryl methyl sites for hydroxylation is 1. The van der Waals surface area contributed by atoms with E-state index in [1.165, 1.54) is 0 Å². The number of halogens is 1. The Labute approximate surface area is 180 Å². The highest BCUT2D eigenvalue weighted by Crippen LogP contribution is 2.32. The SMILES string of the molecule is CCCCOC(=O)c1ccc(NC(=O)COc2cc(C)c(Br)cc2C(C)C)cc1. The molecule has 2 aromatic carbocycles. The summed E-state index contributed by atoms with van der Waals surface area (Å²) in [4.78, 5) is 24.2. The van der Waals surface area contributed by atoms with E-state index in [1.54, 1.807) is 24.3 Å². The summed E-state index contributed by atoms with van der Waals surface area (Å²) in [6.07, 6.45) is 1.81. The first kappa shape index (κ1) is 22.9. The van der Waals surface area contributed by atoms with Crippen LogP contribution < -0.4 is 10.1 Å². The van der Waals surface area contributed by atoms with Crippen molar-refractivity contribution in [2.75, 3.05) is 18.5 Å². The van der Waals surface area contributed by atoms with Gasteiger partial charge in [-0.3, -0.25) is 4.79 Å². The van der Waals surface area contributed by atoms with Crippen molar-refractivity contribution in [3.63, 3.8) is 0 Å². The Balaban J connectivity index is 1.93. The Hall–Kier alpha value is -2.34. The van der Waals surface area contributed by atoms with Gasteiger partial charge in [0.1, 0.15) is 5.75 Å². The summed E-state index contributed by atoms with van der Waals surface area (Å²) in [6, 6.07) is 10.6. The molecular formula is C23H28BrNO4. The topological polar surface area (TPSA) is 64.6 Å². The van der Waals surface area contributed by atoms with Crippen LogP contribution in [-0.4, -0.2) is 25.1 Å². The normalized spacial score (nSPS) is 10.7. The average Bonchev–Trinajstić information content (AvgIpc) is 2.69. The standard InChI is InChI=1S/C23H28BrNO4/c1-5-6-11-28-23(27)17-7-9-18(10-8-17)25-22(26)14-29-21-12-16(4)20(24)13-19(21)15(2)3/h7-10,12-13,15H,5-6,11,14H2,1-4H3,(H,25,26). The minimum Gasteiger partial charge on any atom is -0.483 e. The van der Waals surface area contributed by atoms with Gasteiger partial charge in [0.2, 0.25) is 0 Å². The molecule has 5 nitrogen and oxygen atoms in total. The summed E-state index contributed by atoms with van der Waals surface area (Å²) in [6.45, 7) is 8.50. The smallest absolute Gasteiger partial charge is 0.338 e. The predicted molar refractivity (Wildman–Crippen MR) is 119 cm³/mol. The molecule has 6 heteroatoms. The van der Waals surface area contributed by atoms with Crippen LogP contribution in [0.25, 0.3) is 0 Å². The van der Waals surface area contributed by atoms with Gasteiger partial charge in [0, 0.05) is 10.2 Å². The van der Waals surface area contributed by atoms with Crippen LogP contribution in [0.4, 0.5) is 5.69 Å². The highest BCUT2D eigenvalue weighted by Gasteiger charge is 2.13. The monoisotopic (exact) mass is 461 g/mol. The Bertz CT molecular complexity index is 847. The van der Waals surface area contributed by atoms with Gasteiger partial charge in [-0.2, -0.15) is 0 Å². The number of unbranched alkanes of at least 4 members (excludes halogenated alkanes) is 1. The van der Waals surface area contributed by atoms with Crippen LogP contribution in [-0.2, 0) is 9.53 Å². The highest BCUT2D eigenvalue weighted by molar-refractivity contribution is 9.10. The molecule has 0 saturated heterocycles. The molecule has 0 aromatic heterocycles. The lowest BCUT2D eigenvalue weighted by atomic mass is 10.0. The van der Waals surface area contributed by atoms with Crippen molar-refractivity contribution in [3.05, 3.63) is 57.6 Å². The molecule has 0 aliphatic carbocycles. The summed E-state index contributed by atoms with van der Waals surface area (Å²) in [5, 5.41) is 2.78. The minimum absolute atomic E-state index is 0.0956. The van der Waals surface area contributed by atoms with Gasteiger partial charge in [-0.15, -0.1) is 0 Å². The van der Waals surface area contributed by atoms with Crippen molar-refractivity contribution < 1.29 is 19.1 Å². The van der Waals surface area contributed by atoms with Gasteiger partial charge in [0.15, 0.2) is 6.61 Å². The van der Waals surface area contributed by atoms with E-state index >= 15 is 0 Å². The number of ether oxygens (including phenoxy) is 2. The van der Waals surface area contributed by atoms with Gasteiger partial charge >= 0.3 is 5.97 Å². The second-order valence-corrected chi connectivity index (χ2v) is 8.05. The van der Waals surface area contributed by atoms with E-state index in [0.29, 0.717) is 23.6 Å². The number of benzene rings is 2. The fourth-order valence-corrected chi connectivity index (χ4v) is 3.03. The van der Waals surface area contributed by atoms with Gasteiger partial charge in [-0.25, -0.2) is 4.79 Å². The maximum atomic E-state index is 12.3. The van der Waals surface area contributed by atoms with E-state index in [0.717, 1.165) is 28.4 Å². The lowest BCUT2D eigenvalue weighted by Crippen LogP contribution is -2.20. The van der Waals surface area contributed by atoms with E-state index in [-0.39, 0.29) is 24.4 Å². The maximum absolute atomic E-state index is 12.3. The van der Waals surface area contributed by atoms with Crippen molar-refractivity contribution in [1.82, 2.24) is 0 Å². The number of rotatable bonds is 9. The molecule has 29 heavy (non-hydrogen) atoms. The second kappa shape index (κ2) is 11.0. The number of hydrogen-bond donors (Lipinski definition) is 1. The van der Waals surface area contributed by atoms with E-state index in [1.807, 2.05) is 26.0 Å². The molecule has 2 aromatic rings. The lowest BCUT2D eigenvalue weighted by molar-refractivity contribution is -0.118. The average molecular weight is 462 g/mol. The van der Waals surface area contributed by atoms with Crippen molar-refractivity contribution in [2.45, 2.75) is 46.5 Å². The number of hydrogen-bond acceptors (Lipinski definition) is 4. The van der Waals surface area contributed by atoms with Gasteiger partial charge in [0.05, 0.1) is 12.2 Å². The van der Waals surface area contributed by atoms with Crippen LogP contribution >= 0.6 is 15.9 Å². The molecule has 0 unspecified atom stereocenters. The molecule has 2 rings (SSSR count). The van der Waals surface area contributed by atoms with Crippen LogP contribution in [0.2, 0.25) is 0 Å². The number of carbonyl (C=O) groups excluding carboxylic acids is 2. The number of carbonyl (C=O) groups is 2. The van der Waals surface area contributed by atoms with Gasteiger partial charge in [0.25, 0.3) is 5.91 Å². The van der Waals surface area contributed by atoms with Crippen molar-refractivity contribution in [1.29, 1.82) is 0 Å². The first-order valence-corrected chi connectivity index (χ1v) is 10.6. The molecule has 0 atom stereocenters. The van der Waals surface area contributed by atoms with Crippen LogP contribution in [0.5, 0.6) is 5.75 Å². The lowest BCUT2D eigenvalue weighted by Gasteiger charge is -2.16. The summed E-state index contributed by atoms with van der Waals surface area (Å²) >= 11 is 3.54. The quantitative estimate of drug-likeness (QED) is 0.375. The van der Waals surface area contributed by atoms with Crippen molar-refractivity contribution in [2.24, 2.45) is 0 Å². The predicted octanol–water partition coefficient (Wildman–Crippen LogP) is 5.86. The summed E-state index contributed by atoms with van der Waals surface area (Å²) < 4.78 is 12.0. The Morgan fingerprint density at radius 1 is 1.14 bits per heavy atom. The third-order valence-electron chi connectivity index (χ3n) is 4.41. The Morgan fingerprint density at radius 2 is 1.83 bits per heavy atom. The summed E-state index contributed by atoms with van der Waals surface area (Å²) in [5.41, 5.74) is 3.15. The third kappa shape index (κ3) is 6.89. The molecule has 0 spiro atoms. The first-order valence-electron chi connectivity index (χ1n) is 9.81. The number of anilines is 1. The van der Waals surface area contributed by atoms with Crippen LogP contribution in [0.1, 0.15) is 61.0 Å². The third-order valence-corrected chi connectivity index (χ3v) is 5.26. The van der Waals surface area contributed by atoms with Crippen molar-refractivity contribution in [3.8, 4) is 5.75 Å². The molecule has 0 fully saturated rings. The first-order chi connectivity index (χ1) is 13.8. The molecule has 0 saturated carbocycles. The van der Waals surface area contributed by atoms with Crippen LogP contribution in [0.15, 0.2) is 40.9 Å². The van der Waals surface area contributed by atoms with Gasteiger partial charge < -0.3 is 14.8 Å². The fraction of sp³-hybridized carbons (Fsp3) is 0.391. The van der Waals surface area contributed by atoms with E-state index in [9.17, 15) is 9.59 Å². The van der Waals surface area contributed by atoms with Crippen LogP contribution in [0, 0.1) is 6.92 Å². The molecule has 156 valence electrons. The molecule has 0 heterocycles. The molecule has 0 aliphatic rings. The summed E-state index contributed by atoms with van der Waals surface area (Å²) in [5.74, 6) is 0.362. The summed E-state index contributed by atoms with van der Waals surface area (Å²) in [7, 11) is 0. The molecule has 0 aliphatic heterocycles. The number of esters is 1. The number of nitrogens with one attached hydrogen (secondary N) is 1. The van der Waals surface area contributed by atoms with Gasteiger partial charge in [-0.05, 0) is 66.8 Å². The highest BCUT2D eigenvalue weighted by atomic mass is 79.9. The molecule has 1 N–H and O–H groups in total. The zero-order valence-corrected chi connectivity index (χ0v) is 19.0. The molecule has 0 bridgehead atoms. The fourth-order valence-electron chi connectivity index (χ4n) is 2.67. The Morgan fingerprint density at radius 3 is 2.45 bits per heavy atom. The minimum atomic E-state index is -0.355. The molecular weight excluding hydrogens is 434 g/mol. The maximum Gasteiger partial charge on any atom is 0.338 e. The molecule has 1 amide bonds. The van der Waals surface area contributed by atoms with E-state index in [4.69, 9.17) is 9.47 Å².